The van der Waals surface area contributed by atoms with Gasteiger partial charge in [-0.25, -0.2) is 0 Å². The molecular formula is C15H24N2O2. The number of nitrogens with one attached hydrogen (secondary N) is 1. The summed E-state index contributed by atoms with van der Waals surface area (Å²) in [4.78, 5) is 0. The molecule has 1 fully saturated rings. The van der Waals surface area contributed by atoms with Crippen LogP contribution in [0.2, 0.25) is 0 Å². The fourth-order valence-electron chi connectivity index (χ4n) is 2.71. The Kier molecular flexibility index (Phi) is 5.19. The monoisotopic (exact) mass is 264 g/mol. The average molecular weight is 264 g/mol. The number of hydrazine groups is 1. The fourth-order valence-corrected chi connectivity index (χ4v) is 2.71. The molecule has 0 amide bonds. The summed E-state index contributed by atoms with van der Waals surface area (Å²) in [5.41, 5.74) is 4.07. The summed E-state index contributed by atoms with van der Waals surface area (Å²) in [6.07, 6.45) is 2.25. The van der Waals surface area contributed by atoms with Crippen molar-refractivity contribution in [1.29, 1.82) is 0 Å². The maximum atomic E-state index is 5.83. The highest BCUT2D eigenvalue weighted by Crippen LogP contribution is 2.36. The van der Waals surface area contributed by atoms with Crippen LogP contribution in [-0.4, -0.2) is 19.3 Å². The Hall–Kier alpha value is -1.10. The molecule has 0 bridgehead atoms. The fraction of sp³-hybridized carbons (Fsp3) is 0.600. The van der Waals surface area contributed by atoms with E-state index < -0.39 is 0 Å². The first-order valence-corrected chi connectivity index (χ1v) is 7.07. The van der Waals surface area contributed by atoms with Crippen LogP contribution in [0, 0.1) is 5.92 Å². The Morgan fingerprint density at radius 1 is 1.47 bits per heavy atom. The third-order valence-corrected chi connectivity index (χ3v) is 3.76. The number of nitrogens with two attached hydrogens (primary N) is 1. The lowest BCUT2D eigenvalue weighted by molar-refractivity contribution is 0.0949. The van der Waals surface area contributed by atoms with Crippen LogP contribution in [0.1, 0.15) is 38.3 Å². The molecule has 3 atom stereocenters. The molecule has 1 aromatic carbocycles. The van der Waals surface area contributed by atoms with E-state index in [1.54, 1.807) is 0 Å². The number of ether oxygens (including phenoxy) is 2. The second kappa shape index (κ2) is 6.89. The van der Waals surface area contributed by atoms with Crippen molar-refractivity contribution in [3.63, 3.8) is 0 Å². The largest absolute Gasteiger partial charge is 0.493 e. The zero-order chi connectivity index (χ0) is 13.7. The van der Waals surface area contributed by atoms with Gasteiger partial charge in [-0.15, -0.1) is 0 Å². The zero-order valence-electron chi connectivity index (χ0n) is 11.8. The highest BCUT2D eigenvalue weighted by Gasteiger charge is 2.33. The third-order valence-electron chi connectivity index (χ3n) is 3.76. The number of hydrogen-bond acceptors (Lipinski definition) is 4. The molecule has 1 aromatic rings. The van der Waals surface area contributed by atoms with Gasteiger partial charge in [-0.3, -0.25) is 11.3 Å². The molecule has 0 aromatic heterocycles. The van der Waals surface area contributed by atoms with Gasteiger partial charge in [0.15, 0.2) is 0 Å². The van der Waals surface area contributed by atoms with Crippen LogP contribution in [0.3, 0.4) is 0 Å². The second-order valence-electron chi connectivity index (χ2n) is 5.06. The van der Waals surface area contributed by atoms with Crippen molar-refractivity contribution in [3.05, 3.63) is 29.8 Å². The van der Waals surface area contributed by atoms with Crippen molar-refractivity contribution in [2.24, 2.45) is 11.8 Å². The van der Waals surface area contributed by atoms with Crippen molar-refractivity contribution >= 4 is 0 Å². The Balaban J connectivity index is 2.22. The maximum Gasteiger partial charge on any atom is 0.124 e. The molecule has 0 saturated carbocycles. The summed E-state index contributed by atoms with van der Waals surface area (Å²) in [6, 6.07) is 8.19. The van der Waals surface area contributed by atoms with Crippen molar-refractivity contribution < 1.29 is 9.47 Å². The van der Waals surface area contributed by atoms with E-state index in [9.17, 15) is 0 Å². The minimum atomic E-state index is 0.0746. The predicted molar refractivity (Wildman–Crippen MR) is 75.8 cm³/mol. The van der Waals surface area contributed by atoms with Gasteiger partial charge < -0.3 is 9.47 Å². The molecule has 1 aliphatic rings. The van der Waals surface area contributed by atoms with Crippen LogP contribution in [0.25, 0.3) is 0 Å². The van der Waals surface area contributed by atoms with Crippen LogP contribution in [0.5, 0.6) is 5.75 Å². The van der Waals surface area contributed by atoms with Crippen molar-refractivity contribution in [2.45, 2.75) is 38.8 Å². The van der Waals surface area contributed by atoms with Gasteiger partial charge in [-0.1, -0.05) is 25.1 Å². The van der Waals surface area contributed by atoms with Gasteiger partial charge in [0.05, 0.1) is 18.8 Å². The normalized spacial score (nSPS) is 24.4. The minimum Gasteiger partial charge on any atom is -0.493 e. The number of benzene rings is 1. The van der Waals surface area contributed by atoms with Crippen molar-refractivity contribution in [3.8, 4) is 5.75 Å². The molecule has 2 rings (SSSR count). The summed E-state index contributed by atoms with van der Waals surface area (Å²) in [7, 11) is 0. The smallest absolute Gasteiger partial charge is 0.124 e. The summed E-state index contributed by atoms with van der Waals surface area (Å²) in [6.45, 7) is 5.75. The molecule has 3 unspecified atom stereocenters. The van der Waals surface area contributed by atoms with E-state index in [4.69, 9.17) is 15.3 Å². The lowest BCUT2D eigenvalue weighted by Crippen LogP contribution is -2.36. The van der Waals surface area contributed by atoms with Gasteiger partial charge in [-0.2, -0.15) is 0 Å². The Morgan fingerprint density at radius 2 is 2.26 bits per heavy atom. The van der Waals surface area contributed by atoms with E-state index in [0.29, 0.717) is 5.92 Å². The lowest BCUT2D eigenvalue weighted by Gasteiger charge is -2.27. The molecule has 3 N–H and O–H groups in total. The molecule has 1 heterocycles. The molecule has 0 radical (unpaired) electrons. The molecule has 1 aliphatic heterocycles. The average Bonchev–Trinajstić information content (AvgIpc) is 2.85. The maximum absolute atomic E-state index is 5.83. The second-order valence-corrected chi connectivity index (χ2v) is 5.06. The van der Waals surface area contributed by atoms with E-state index >= 15 is 0 Å². The van der Waals surface area contributed by atoms with Gasteiger partial charge in [0, 0.05) is 18.1 Å². The highest BCUT2D eigenvalue weighted by atomic mass is 16.5. The third kappa shape index (κ3) is 3.26. The predicted octanol–water partition coefficient (Wildman–Crippen LogP) is 2.40. The van der Waals surface area contributed by atoms with Crippen LogP contribution >= 0.6 is 0 Å². The van der Waals surface area contributed by atoms with Gasteiger partial charge >= 0.3 is 0 Å². The molecule has 4 heteroatoms. The number of rotatable bonds is 6. The zero-order valence-corrected chi connectivity index (χ0v) is 11.8. The van der Waals surface area contributed by atoms with E-state index in [-0.39, 0.29) is 12.1 Å². The topological polar surface area (TPSA) is 56.5 Å². The van der Waals surface area contributed by atoms with Gasteiger partial charge in [-0.05, 0) is 25.8 Å². The molecule has 1 saturated heterocycles. The first-order chi connectivity index (χ1) is 9.27. The van der Waals surface area contributed by atoms with Crippen LogP contribution in [0.4, 0.5) is 0 Å². The van der Waals surface area contributed by atoms with Crippen LogP contribution in [0.15, 0.2) is 24.3 Å². The highest BCUT2D eigenvalue weighted by molar-refractivity contribution is 5.36. The minimum absolute atomic E-state index is 0.0746. The Bertz CT molecular complexity index is 397. The summed E-state index contributed by atoms with van der Waals surface area (Å²) < 4.78 is 11.5. The lowest BCUT2D eigenvalue weighted by atomic mass is 9.88. The Labute approximate surface area is 115 Å². The summed E-state index contributed by atoms with van der Waals surface area (Å²) >= 11 is 0. The van der Waals surface area contributed by atoms with Crippen molar-refractivity contribution in [1.82, 2.24) is 5.43 Å². The molecule has 0 aliphatic carbocycles. The van der Waals surface area contributed by atoms with E-state index in [1.165, 1.54) is 0 Å². The van der Waals surface area contributed by atoms with Gasteiger partial charge in [0.25, 0.3) is 0 Å². The van der Waals surface area contributed by atoms with Crippen LogP contribution in [-0.2, 0) is 4.74 Å². The molecule has 106 valence electrons. The molecule has 4 nitrogen and oxygen atoms in total. The first kappa shape index (κ1) is 14.3. The number of hydrogen-bond donors (Lipinski definition) is 2. The van der Waals surface area contributed by atoms with E-state index in [2.05, 4.69) is 25.3 Å². The Morgan fingerprint density at radius 3 is 2.89 bits per heavy atom. The van der Waals surface area contributed by atoms with E-state index in [1.807, 2.05) is 18.2 Å². The quantitative estimate of drug-likeness (QED) is 0.612. The molecule has 19 heavy (non-hydrogen) atoms. The van der Waals surface area contributed by atoms with Gasteiger partial charge in [0.1, 0.15) is 5.75 Å². The van der Waals surface area contributed by atoms with E-state index in [0.717, 1.165) is 37.4 Å². The SMILES string of the molecule is CCCOc1ccccc1C(NN)C1CCOC1C. The molecular weight excluding hydrogens is 240 g/mol. The first-order valence-electron chi connectivity index (χ1n) is 7.07. The van der Waals surface area contributed by atoms with Crippen LogP contribution < -0.4 is 16.0 Å². The van der Waals surface area contributed by atoms with Crippen molar-refractivity contribution in [2.75, 3.05) is 13.2 Å². The summed E-state index contributed by atoms with van der Waals surface area (Å²) in [5.74, 6) is 7.09. The molecule has 0 spiro atoms. The number of para-hydroxylation sites is 1. The summed E-state index contributed by atoms with van der Waals surface area (Å²) in [5, 5.41) is 0. The standard InChI is InChI=1S/C15H24N2O2/c1-3-9-19-14-7-5-4-6-13(14)15(17-16)12-8-10-18-11(12)2/h4-7,11-12,15,17H,3,8-10,16H2,1-2H3. The van der Waals surface area contributed by atoms with Gasteiger partial charge in [0.2, 0.25) is 0 Å².